The Morgan fingerprint density at radius 2 is 2.35 bits per heavy atom. The van der Waals surface area contributed by atoms with Crippen molar-refractivity contribution < 1.29 is 9.84 Å². The van der Waals surface area contributed by atoms with Crippen LogP contribution in [0.1, 0.15) is 24.6 Å². The molecule has 0 spiro atoms. The molecule has 96 valence electrons. The van der Waals surface area contributed by atoms with Crippen LogP contribution in [0.2, 0.25) is 0 Å². The van der Waals surface area contributed by atoms with Gasteiger partial charge in [-0.15, -0.1) is 11.3 Å². The molecule has 1 unspecified atom stereocenters. The summed E-state index contributed by atoms with van der Waals surface area (Å²) in [6, 6.07) is 2.07. The Balaban J connectivity index is 1.96. The largest absolute Gasteiger partial charge is 0.486 e. The number of methoxy groups -OCH3 is 1. The monoisotopic (exact) mass is 319 g/mol. The van der Waals surface area contributed by atoms with E-state index < -0.39 is 0 Å². The summed E-state index contributed by atoms with van der Waals surface area (Å²) in [4.78, 5) is 1.22. The molecule has 17 heavy (non-hydrogen) atoms. The number of halogens is 1. The third-order valence-corrected chi connectivity index (χ3v) is 5.31. The number of hydrogen-bond acceptors (Lipinski definition) is 4. The minimum Gasteiger partial charge on any atom is -0.486 e. The molecule has 1 aromatic rings. The minimum atomic E-state index is -0.135. The van der Waals surface area contributed by atoms with Crippen LogP contribution in [0, 0.1) is 5.92 Å². The first-order valence-corrected chi connectivity index (χ1v) is 7.38. The molecule has 0 amide bonds. The number of hydrogen-bond donors (Lipinski definition) is 2. The Hall–Kier alpha value is -0.100. The lowest BCUT2D eigenvalue weighted by Crippen LogP contribution is -2.47. The van der Waals surface area contributed by atoms with E-state index in [4.69, 9.17) is 4.74 Å². The fourth-order valence-electron chi connectivity index (χ4n) is 1.96. The molecule has 0 aliphatic heterocycles. The van der Waals surface area contributed by atoms with Gasteiger partial charge in [-0.3, -0.25) is 0 Å². The van der Waals surface area contributed by atoms with Gasteiger partial charge in [0.05, 0.1) is 18.2 Å². The van der Waals surface area contributed by atoms with Gasteiger partial charge >= 0.3 is 0 Å². The number of aliphatic hydroxyl groups excluding tert-OH is 1. The smallest absolute Gasteiger partial charge is 0.188 e. The van der Waals surface area contributed by atoms with E-state index in [1.165, 1.54) is 17.7 Å². The van der Waals surface area contributed by atoms with Crippen LogP contribution in [0.3, 0.4) is 0 Å². The van der Waals surface area contributed by atoms with Gasteiger partial charge in [-0.25, -0.2) is 0 Å². The van der Waals surface area contributed by atoms with E-state index in [9.17, 15) is 5.11 Å². The fourth-order valence-corrected chi connectivity index (χ4v) is 3.59. The molecule has 1 atom stereocenters. The van der Waals surface area contributed by atoms with Crippen molar-refractivity contribution in [1.82, 2.24) is 5.32 Å². The molecular formula is C12H18BrNO2S. The van der Waals surface area contributed by atoms with Crippen LogP contribution in [-0.4, -0.2) is 24.4 Å². The van der Waals surface area contributed by atoms with Crippen molar-refractivity contribution in [3.63, 3.8) is 0 Å². The standard InChI is InChI=1S/C12H18BrNO2S/c1-12(7-15,8-3-4-8)14-6-9-5-10(13)11(16-2)17-9/h5,8,14-15H,3-4,6-7H2,1-2H3. The summed E-state index contributed by atoms with van der Waals surface area (Å²) < 4.78 is 6.24. The van der Waals surface area contributed by atoms with Crippen LogP contribution < -0.4 is 10.1 Å². The Morgan fingerprint density at radius 1 is 1.65 bits per heavy atom. The molecule has 2 rings (SSSR count). The highest BCUT2D eigenvalue weighted by Crippen LogP contribution is 2.40. The van der Waals surface area contributed by atoms with E-state index in [0.717, 1.165) is 16.1 Å². The average Bonchev–Trinajstić information content (AvgIpc) is 3.11. The van der Waals surface area contributed by atoms with Crippen molar-refractivity contribution in [1.29, 1.82) is 0 Å². The zero-order chi connectivity index (χ0) is 12.5. The summed E-state index contributed by atoms with van der Waals surface area (Å²) in [5, 5.41) is 13.9. The molecule has 0 saturated heterocycles. The van der Waals surface area contributed by atoms with Crippen molar-refractivity contribution in [2.24, 2.45) is 5.92 Å². The zero-order valence-electron chi connectivity index (χ0n) is 10.1. The normalized spacial score (nSPS) is 19.1. The molecule has 3 nitrogen and oxygen atoms in total. The summed E-state index contributed by atoms with van der Waals surface area (Å²) in [7, 11) is 1.68. The number of nitrogens with one attached hydrogen (secondary N) is 1. The molecule has 0 aromatic carbocycles. The maximum Gasteiger partial charge on any atom is 0.188 e. The molecule has 0 bridgehead atoms. The molecule has 1 aromatic heterocycles. The number of ether oxygens (including phenoxy) is 1. The van der Waals surface area contributed by atoms with E-state index >= 15 is 0 Å². The van der Waals surface area contributed by atoms with Gasteiger partial charge in [-0.1, -0.05) is 0 Å². The lowest BCUT2D eigenvalue weighted by atomic mass is 9.97. The Labute approximate surface area is 114 Å². The van der Waals surface area contributed by atoms with Gasteiger partial charge in [0.2, 0.25) is 0 Å². The van der Waals surface area contributed by atoms with Gasteiger partial charge in [0.15, 0.2) is 5.06 Å². The number of aliphatic hydroxyl groups is 1. The first-order chi connectivity index (χ1) is 8.09. The second-order valence-corrected chi connectivity index (χ2v) is 6.71. The van der Waals surface area contributed by atoms with Gasteiger partial charge in [-0.2, -0.15) is 0 Å². The maximum atomic E-state index is 9.49. The summed E-state index contributed by atoms with van der Waals surface area (Å²) in [5.74, 6) is 0.623. The van der Waals surface area contributed by atoms with Crippen molar-refractivity contribution in [3.05, 3.63) is 15.4 Å². The van der Waals surface area contributed by atoms with Crippen molar-refractivity contribution >= 4 is 27.3 Å². The molecule has 1 heterocycles. The molecule has 2 N–H and O–H groups in total. The van der Waals surface area contributed by atoms with Crippen LogP contribution >= 0.6 is 27.3 Å². The molecule has 5 heteroatoms. The minimum absolute atomic E-state index is 0.135. The van der Waals surface area contributed by atoms with E-state index in [-0.39, 0.29) is 12.1 Å². The Morgan fingerprint density at radius 3 is 2.82 bits per heavy atom. The zero-order valence-corrected chi connectivity index (χ0v) is 12.5. The van der Waals surface area contributed by atoms with E-state index in [2.05, 4.69) is 34.2 Å². The van der Waals surface area contributed by atoms with E-state index in [1.54, 1.807) is 18.4 Å². The predicted molar refractivity (Wildman–Crippen MR) is 73.6 cm³/mol. The van der Waals surface area contributed by atoms with Crippen LogP contribution in [0.25, 0.3) is 0 Å². The Kier molecular flexibility index (Phi) is 4.13. The lowest BCUT2D eigenvalue weighted by molar-refractivity contribution is 0.154. The SMILES string of the molecule is COc1sc(CNC(C)(CO)C2CC2)cc1Br. The summed E-state index contributed by atoms with van der Waals surface area (Å²) in [6.45, 7) is 3.08. The molecule has 1 fully saturated rings. The van der Waals surface area contributed by atoms with E-state index in [1.807, 2.05) is 0 Å². The highest BCUT2D eigenvalue weighted by molar-refractivity contribution is 9.10. The Bertz CT molecular complexity index is 392. The van der Waals surface area contributed by atoms with Crippen LogP contribution in [-0.2, 0) is 6.54 Å². The maximum absolute atomic E-state index is 9.49. The highest BCUT2D eigenvalue weighted by Gasteiger charge is 2.40. The number of thiophene rings is 1. The van der Waals surface area contributed by atoms with Crippen LogP contribution in [0.15, 0.2) is 10.5 Å². The third-order valence-electron chi connectivity index (χ3n) is 3.37. The van der Waals surface area contributed by atoms with E-state index in [0.29, 0.717) is 5.92 Å². The lowest BCUT2D eigenvalue weighted by Gasteiger charge is -2.28. The fraction of sp³-hybridized carbons (Fsp3) is 0.667. The average molecular weight is 320 g/mol. The topological polar surface area (TPSA) is 41.5 Å². The van der Waals surface area contributed by atoms with Crippen molar-refractivity contribution in [2.45, 2.75) is 31.8 Å². The van der Waals surface area contributed by atoms with Gasteiger partial charge in [-0.05, 0) is 47.7 Å². The van der Waals surface area contributed by atoms with Gasteiger partial charge in [0.25, 0.3) is 0 Å². The van der Waals surface area contributed by atoms with Crippen molar-refractivity contribution in [2.75, 3.05) is 13.7 Å². The predicted octanol–water partition coefficient (Wildman–Crippen LogP) is 2.77. The molecule has 1 aliphatic rings. The summed E-state index contributed by atoms with van der Waals surface area (Å²) in [6.07, 6.45) is 2.45. The van der Waals surface area contributed by atoms with Crippen LogP contribution in [0.4, 0.5) is 0 Å². The first-order valence-electron chi connectivity index (χ1n) is 5.77. The molecular weight excluding hydrogens is 302 g/mol. The third kappa shape index (κ3) is 3.02. The first kappa shape index (κ1) is 13.3. The van der Waals surface area contributed by atoms with Crippen molar-refractivity contribution in [3.8, 4) is 5.06 Å². The second kappa shape index (κ2) is 5.26. The highest BCUT2D eigenvalue weighted by atomic mass is 79.9. The molecule has 0 radical (unpaired) electrons. The van der Waals surface area contributed by atoms with Gasteiger partial charge in [0, 0.05) is 17.0 Å². The van der Waals surface area contributed by atoms with Gasteiger partial charge in [0.1, 0.15) is 0 Å². The summed E-state index contributed by atoms with van der Waals surface area (Å²) >= 11 is 5.09. The quantitative estimate of drug-likeness (QED) is 0.847. The van der Waals surface area contributed by atoms with Gasteiger partial charge < -0.3 is 15.2 Å². The molecule has 1 aliphatic carbocycles. The van der Waals surface area contributed by atoms with Crippen LogP contribution in [0.5, 0.6) is 5.06 Å². The molecule has 1 saturated carbocycles. The number of rotatable bonds is 6. The summed E-state index contributed by atoms with van der Waals surface area (Å²) in [5.41, 5.74) is -0.135. The second-order valence-electron chi connectivity index (χ2n) is 4.76.